The maximum absolute atomic E-state index is 5.47. The molecule has 3 unspecified atom stereocenters. The highest BCUT2D eigenvalue weighted by molar-refractivity contribution is 4.86. The molecule has 1 N–H and O–H groups in total. The van der Waals surface area contributed by atoms with Crippen LogP contribution >= 0.6 is 0 Å². The predicted molar refractivity (Wildman–Crippen MR) is 68.8 cm³/mol. The van der Waals surface area contributed by atoms with E-state index in [4.69, 9.17) is 4.74 Å². The Bertz CT molecular complexity index is 187. The molecule has 0 bridgehead atoms. The summed E-state index contributed by atoms with van der Waals surface area (Å²) in [5.41, 5.74) is 0. The molecule has 1 aliphatic rings. The molecular formula is C13H28N2O. The van der Waals surface area contributed by atoms with Crippen LogP contribution < -0.4 is 5.32 Å². The lowest BCUT2D eigenvalue weighted by atomic mass is 9.95. The van der Waals surface area contributed by atoms with Crippen LogP contribution in [0.15, 0.2) is 0 Å². The number of nitrogens with one attached hydrogen (secondary N) is 1. The summed E-state index contributed by atoms with van der Waals surface area (Å²) in [7, 11) is 0. The van der Waals surface area contributed by atoms with Crippen LogP contribution in [-0.2, 0) is 4.74 Å². The van der Waals surface area contributed by atoms with Gasteiger partial charge >= 0.3 is 0 Å². The summed E-state index contributed by atoms with van der Waals surface area (Å²) >= 11 is 0. The summed E-state index contributed by atoms with van der Waals surface area (Å²) in [6, 6.07) is 1.29. The van der Waals surface area contributed by atoms with Crippen molar-refractivity contribution in [1.82, 2.24) is 10.2 Å². The predicted octanol–water partition coefficient (Wildman–Crippen LogP) is 1.73. The number of rotatable bonds is 6. The zero-order chi connectivity index (χ0) is 12.0. The summed E-state index contributed by atoms with van der Waals surface area (Å²) in [4.78, 5) is 2.60. The van der Waals surface area contributed by atoms with Gasteiger partial charge in [-0.3, -0.25) is 4.90 Å². The Labute approximate surface area is 101 Å². The standard InChI is InChI=1S/C13H28N2O/c1-5-11(3)13-9-14-12(4)10-15(13)7-8-16-6-2/h11-14H,5-10H2,1-4H3. The fourth-order valence-corrected chi connectivity index (χ4v) is 2.42. The van der Waals surface area contributed by atoms with Gasteiger partial charge in [0.15, 0.2) is 0 Å². The molecule has 1 saturated heterocycles. The molecule has 1 rings (SSSR count). The topological polar surface area (TPSA) is 24.5 Å². The zero-order valence-corrected chi connectivity index (χ0v) is 11.3. The van der Waals surface area contributed by atoms with Gasteiger partial charge in [-0.1, -0.05) is 20.3 Å². The van der Waals surface area contributed by atoms with Crippen LogP contribution in [0.4, 0.5) is 0 Å². The SMILES string of the molecule is CCOCCN1CC(C)NCC1C(C)CC. The highest BCUT2D eigenvalue weighted by atomic mass is 16.5. The maximum atomic E-state index is 5.47. The normalized spacial score (nSPS) is 29.2. The molecule has 0 saturated carbocycles. The summed E-state index contributed by atoms with van der Waals surface area (Å²) in [6.45, 7) is 14.0. The Hall–Kier alpha value is -0.120. The monoisotopic (exact) mass is 228 g/mol. The minimum atomic E-state index is 0.613. The molecule has 0 aromatic rings. The molecule has 96 valence electrons. The number of hydrogen-bond acceptors (Lipinski definition) is 3. The molecule has 0 aliphatic carbocycles. The first kappa shape index (κ1) is 13.9. The van der Waals surface area contributed by atoms with Gasteiger partial charge in [0.25, 0.3) is 0 Å². The Morgan fingerprint density at radius 1 is 1.44 bits per heavy atom. The first-order valence-electron chi connectivity index (χ1n) is 6.74. The third kappa shape index (κ3) is 4.04. The van der Waals surface area contributed by atoms with Crippen molar-refractivity contribution in [2.45, 2.75) is 46.2 Å². The van der Waals surface area contributed by atoms with Crippen LogP contribution in [0, 0.1) is 5.92 Å². The first-order chi connectivity index (χ1) is 7.69. The molecule has 3 nitrogen and oxygen atoms in total. The van der Waals surface area contributed by atoms with E-state index in [1.165, 1.54) is 6.42 Å². The van der Waals surface area contributed by atoms with E-state index in [9.17, 15) is 0 Å². The molecule has 1 fully saturated rings. The largest absolute Gasteiger partial charge is 0.380 e. The van der Waals surface area contributed by atoms with E-state index in [0.29, 0.717) is 12.1 Å². The molecule has 1 heterocycles. The lowest BCUT2D eigenvalue weighted by molar-refractivity contribution is 0.0527. The van der Waals surface area contributed by atoms with E-state index >= 15 is 0 Å². The number of piperazine rings is 1. The van der Waals surface area contributed by atoms with Crippen LogP contribution in [0.2, 0.25) is 0 Å². The van der Waals surface area contributed by atoms with Crippen molar-refractivity contribution < 1.29 is 4.74 Å². The molecule has 0 radical (unpaired) electrons. The van der Waals surface area contributed by atoms with Crippen LogP contribution in [-0.4, -0.2) is 49.8 Å². The minimum Gasteiger partial charge on any atom is -0.380 e. The van der Waals surface area contributed by atoms with Gasteiger partial charge in [-0.15, -0.1) is 0 Å². The van der Waals surface area contributed by atoms with E-state index < -0.39 is 0 Å². The molecule has 16 heavy (non-hydrogen) atoms. The third-order valence-electron chi connectivity index (χ3n) is 3.68. The van der Waals surface area contributed by atoms with Gasteiger partial charge in [0.1, 0.15) is 0 Å². The summed E-state index contributed by atoms with van der Waals surface area (Å²) in [6.07, 6.45) is 1.26. The number of nitrogens with zero attached hydrogens (tertiary/aromatic N) is 1. The summed E-state index contributed by atoms with van der Waals surface area (Å²) < 4.78 is 5.47. The molecule has 1 aliphatic heterocycles. The van der Waals surface area contributed by atoms with Crippen molar-refractivity contribution in [3.05, 3.63) is 0 Å². The summed E-state index contributed by atoms with van der Waals surface area (Å²) in [5.74, 6) is 0.765. The number of ether oxygens (including phenoxy) is 1. The maximum Gasteiger partial charge on any atom is 0.0593 e. The molecule has 0 aromatic heterocycles. The van der Waals surface area contributed by atoms with Gasteiger partial charge in [0.2, 0.25) is 0 Å². The van der Waals surface area contributed by atoms with Crippen LogP contribution in [0.3, 0.4) is 0 Å². The van der Waals surface area contributed by atoms with E-state index in [1.807, 2.05) is 0 Å². The minimum absolute atomic E-state index is 0.613. The molecule has 3 heteroatoms. The quantitative estimate of drug-likeness (QED) is 0.701. The zero-order valence-electron chi connectivity index (χ0n) is 11.3. The van der Waals surface area contributed by atoms with Gasteiger partial charge in [-0.2, -0.15) is 0 Å². The van der Waals surface area contributed by atoms with Gasteiger partial charge in [-0.05, 0) is 19.8 Å². The summed E-state index contributed by atoms with van der Waals surface area (Å²) in [5, 5.41) is 3.59. The van der Waals surface area contributed by atoms with E-state index in [0.717, 1.165) is 38.8 Å². The molecule has 3 atom stereocenters. The van der Waals surface area contributed by atoms with Crippen molar-refractivity contribution in [2.75, 3.05) is 32.8 Å². The second-order valence-electron chi connectivity index (χ2n) is 4.95. The van der Waals surface area contributed by atoms with E-state index in [2.05, 4.69) is 37.9 Å². The highest BCUT2D eigenvalue weighted by Gasteiger charge is 2.28. The Balaban J connectivity index is 2.44. The van der Waals surface area contributed by atoms with Gasteiger partial charge in [-0.25, -0.2) is 0 Å². The number of hydrogen-bond donors (Lipinski definition) is 1. The van der Waals surface area contributed by atoms with Crippen LogP contribution in [0.5, 0.6) is 0 Å². The second kappa shape index (κ2) is 7.25. The van der Waals surface area contributed by atoms with Crippen LogP contribution in [0.1, 0.15) is 34.1 Å². The third-order valence-corrected chi connectivity index (χ3v) is 3.68. The first-order valence-corrected chi connectivity index (χ1v) is 6.74. The van der Waals surface area contributed by atoms with E-state index in [-0.39, 0.29) is 0 Å². The molecular weight excluding hydrogens is 200 g/mol. The molecule has 0 spiro atoms. The van der Waals surface area contributed by atoms with Crippen molar-refractivity contribution in [3.8, 4) is 0 Å². The van der Waals surface area contributed by atoms with Crippen LogP contribution in [0.25, 0.3) is 0 Å². The van der Waals surface area contributed by atoms with Gasteiger partial charge in [0, 0.05) is 38.3 Å². The Morgan fingerprint density at radius 2 is 2.19 bits per heavy atom. The fourth-order valence-electron chi connectivity index (χ4n) is 2.42. The van der Waals surface area contributed by atoms with E-state index in [1.54, 1.807) is 0 Å². The van der Waals surface area contributed by atoms with Crippen molar-refractivity contribution >= 4 is 0 Å². The second-order valence-corrected chi connectivity index (χ2v) is 4.95. The Morgan fingerprint density at radius 3 is 2.81 bits per heavy atom. The van der Waals surface area contributed by atoms with Gasteiger partial charge in [0.05, 0.1) is 6.61 Å². The lowest BCUT2D eigenvalue weighted by Gasteiger charge is -2.42. The average molecular weight is 228 g/mol. The fraction of sp³-hybridized carbons (Fsp3) is 1.00. The lowest BCUT2D eigenvalue weighted by Crippen LogP contribution is -2.58. The molecule has 0 aromatic carbocycles. The van der Waals surface area contributed by atoms with Crippen molar-refractivity contribution in [3.63, 3.8) is 0 Å². The molecule has 0 amide bonds. The highest BCUT2D eigenvalue weighted by Crippen LogP contribution is 2.17. The van der Waals surface area contributed by atoms with Crippen molar-refractivity contribution in [2.24, 2.45) is 5.92 Å². The Kier molecular flexibility index (Phi) is 6.32. The smallest absolute Gasteiger partial charge is 0.0593 e. The van der Waals surface area contributed by atoms with Gasteiger partial charge < -0.3 is 10.1 Å². The van der Waals surface area contributed by atoms with Crippen molar-refractivity contribution in [1.29, 1.82) is 0 Å². The average Bonchev–Trinajstić information content (AvgIpc) is 2.29.